The standard InChI is InChI=1S/C22H34N6O5/c1-32-22(31)18-3-2-9-28(18)20(29)8-10-33-21(30)17-12-16-11-14(4-6-15(16)13-23-17)5-7-19-24-26-27-25-19/h14-18,23H,2-13H2,1H3,(H,24,25,26,27)/t14-,15+,16-,17+,18-/m1/s1/i17D. The van der Waals surface area contributed by atoms with Gasteiger partial charge in [-0.25, -0.2) is 4.79 Å². The van der Waals surface area contributed by atoms with Gasteiger partial charge < -0.3 is 19.7 Å². The number of likely N-dealkylation sites (tertiary alicyclic amines) is 1. The van der Waals surface area contributed by atoms with Crippen LogP contribution in [0.25, 0.3) is 0 Å². The van der Waals surface area contributed by atoms with Gasteiger partial charge in [-0.3, -0.25) is 9.59 Å². The number of hydrogen-bond donors (Lipinski definition) is 2. The van der Waals surface area contributed by atoms with E-state index in [1.807, 2.05) is 0 Å². The molecule has 0 aromatic carbocycles. The van der Waals surface area contributed by atoms with Gasteiger partial charge in [-0.05, 0) is 62.8 Å². The molecule has 1 amide bonds. The number of aromatic amines is 1. The monoisotopic (exact) mass is 463 g/mol. The highest BCUT2D eigenvalue weighted by atomic mass is 16.5. The van der Waals surface area contributed by atoms with E-state index in [9.17, 15) is 14.4 Å². The molecule has 182 valence electrons. The molecule has 5 atom stereocenters. The molecule has 3 heterocycles. The molecular weight excluding hydrogens is 428 g/mol. The maximum absolute atomic E-state index is 12.8. The van der Waals surface area contributed by atoms with Crippen LogP contribution in [0.1, 0.15) is 58.6 Å². The Kier molecular flexibility index (Phi) is 7.44. The minimum absolute atomic E-state index is 0.0144. The molecule has 0 spiro atoms. The summed E-state index contributed by atoms with van der Waals surface area (Å²) in [4.78, 5) is 38.7. The lowest BCUT2D eigenvalue weighted by Gasteiger charge is -2.42. The van der Waals surface area contributed by atoms with Gasteiger partial charge in [0.05, 0.1) is 14.9 Å². The predicted molar refractivity (Wildman–Crippen MR) is 116 cm³/mol. The van der Waals surface area contributed by atoms with Crippen molar-refractivity contribution >= 4 is 17.8 Å². The highest BCUT2D eigenvalue weighted by Gasteiger charge is 2.38. The maximum Gasteiger partial charge on any atom is 0.328 e. The molecule has 1 aromatic rings. The minimum Gasteiger partial charge on any atom is -0.467 e. The Labute approximate surface area is 194 Å². The van der Waals surface area contributed by atoms with Crippen molar-refractivity contribution in [1.82, 2.24) is 30.8 Å². The third-order valence-corrected chi connectivity index (χ3v) is 7.30. The number of rotatable bonds is 8. The molecule has 4 rings (SSSR count). The van der Waals surface area contributed by atoms with Crippen molar-refractivity contribution in [2.24, 2.45) is 17.8 Å². The number of aryl methyl sites for hydroxylation is 1. The van der Waals surface area contributed by atoms with Gasteiger partial charge in [-0.1, -0.05) is 11.6 Å². The van der Waals surface area contributed by atoms with Crippen LogP contribution in [-0.4, -0.2) is 82.2 Å². The number of ether oxygens (including phenoxy) is 2. The number of carbonyl (C=O) groups excluding carboxylic acids is 3. The summed E-state index contributed by atoms with van der Waals surface area (Å²) in [6.45, 7) is 1.01. The quantitative estimate of drug-likeness (QED) is 0.531. The summed E-state index contributed by atoms with van der Waals surface area (Å²) in [7, 11) is 1.31. The Hall–Kier alpha value is -2.56. The summed E-state index contributed by atoms with van der Waals surface area (Å²) in [6, 6.07) is -2.06. The molecule has 33 heavy (non-hydrogen) atoms. The highest BCUT2D eigenvalue weighted by molar-refractivity contribution is 5.85. The lowest BCUT2D eigenvalue weighted by molar-refractivity contribution is -0.153. The van der Waals surface area contributed by atoms with E-state index < -0.39 is 24.0 Å². The molecular formula is C22H34N6O5. The van der Waals surface area contributed by atoms with Gasteiger partial charge >= 0.3 is 11.9 Å². The zero-order chi connectivity index (χ0) is 24.1. The molecule has 0 bridgehead atoms. The Morgan fingerprint density at radius 3 is 2.85 bits per heavy atom. The van der Waals surface area contributed by atoms with Gasteiger partial charge in [0.25, 0.3) is 0 Å². The summed E-state index contributed by atoms with van der Waals surface area (Å²) in [5.41, 5.74) is 0. The smallest absolute Gasteiger partial charge is 0.328 e. The van der Waals surface area contributed by atoms with Crippen LogP contribution in [0.15, 0.2) is 0 Å². The Bertz CT molecular complexity index is 870. The van der Waals surface area contributed by atoms with Crippen molar-refractivity contribution in [3.05, 3.63) is 5.82 Å². The molecule has 3 fully saturated rings. The normalized spacial score (nSPS) is 32.0. The van der Waals surface area contributed by atoms with Gasteiger partial charge in [-0.2, -0.15) is 5.21 Å². The predicted octanol–water partition coefficient (Wildman–Crippen LogP) is 0.624. The summed E-state index contributed by atoms with van der Waals surface area (Å²) < 4.78 is 18.9. The van der Waals surface area contributed by atoms with Gasteiger partial charge in [0.15, 0.2) is 5.82 Å². The number of nitrogens with zero attached hydrogens (tertiary/aromatic N) is 4. The van der Waals surface area contributed by atoms with E-state index in [2.05, 4.69) is 25.9 Å². The summed E-state index contributed by atoms with van der Waals surface area (Å²) in [5, 5.41) is 17.2. The van der Waals surface area contributed by atoms with Crippen molar-refractivity contribution in [2.75, 3.05) is 26.8 Å². The number of tetrazole rings is 1. The molecule has 1 saturated carbocycles. The van der Waals surface area contributed by atoms with Crippen LogP contribution in [0.5, 0.6) is 0 Å². The number of aromatic nitrogens is 4. The van der Waals surface area contributed by atoms with Crippen molar-refractivity contribution in [3.8, 4) is 0 Å². The first-order valence-corrected chi connectivity index (χ1v) is 11.9. The van der Waals surface area contributed by atoms with Crippen molar-refractivity contribution in [1.29, 1.82) is 0 Å². The molecule has 0 unspecified atom stereocenters. The topological polar surface area (TPSA) is 139 Å². The second-order valence-corrected chi connectivity index (χ2v) is 9.28. The third kappa shape index (κ3) is 5.87. The van der Waals surface area contributed by atoms with Gasteiger partial charge in [0.2, 0.25) is 5.91 Å². The molecule has 1 aliphatic carbocycles. The van der Waals surface area contributed by atoms with Crippen LogP contribution in [0.3, 0.4) is 0 Å². The fourth-order valence-electron chi connectivity index (χ4n) is 5.48. The molecule has 1 aromatic heterocycles. The Morgan fingerprint density at radius 1 is 1.18 bits per heavy atom. The number of carbonyl (C=O) groups is 3. The summed E-state index contributed by atoms with van der Waals surface area (Å²) >= 11 is 0. The van der Waals surface area contributed by atoms with Crippen molar-refractivity contribution in [2.45, 2.75) is 69.8 Å². The lowest BCUT2D eigenvalue weighted by atomic mass is 9.69. The fraction of sp³-hybridized carbons (Fsp3) is 0.818. The number of methoxy groups -OCH3 is 1. The number of esters is 2. The number of amides is 1. The van der Waals surface area contributed by atoms with Crippen molar-refractivity contribution in [3.63, 3.8) is 0 Å². The molecule has 2 aliphatic heterocycles. The number of nitrogens with one attached hydrogen (secondary N) is 2. The lowest BCUT2D eigenvalue weighted by Crippen LogP contribution is -2.50. The van der Waals surface area contributed by atoms with Crippen LogP contribution in [-0.2, 0) is 30.3 Å². The minimum atomic E-state index is -1.50. The third-order valence-electron chi connectivity index (χ3n) is 7.30. The zero-order valence-corrected chi connectivity index (χ0v) is 19.1. The van der Waals surface area contributed by atoms with Crippen LogP contribution < -0.4 is 5.32 Å². The van der Waals surface area contributed by atoms with Crippen LogP contribution in [0.2, 0.25) is 0 Å². The first-order chi connectivity index (χ1) is 16.4. The van der Waals surface area contributed by atoms with Gasteiger partial charge in [0, 0.05) is 13.0 Å². The van der Waals surface area contributed by atoms with Crippen LogP contribution in [0, 0.1) is 17.8 Å². The van der Waals surface area contributed by atoms with Crippen LogP contribution in [0.4, 0.5) is 0 Å². The second-order valence-electron chi connectivity index (χ2n) is 9.28. The van der Waals surface area contributed by atoms with E-state index in [-0.39, 0.29) is 24.9 Å². The largest absolute Gasteiger partial charge is 0.467 e. The zero-order valence-electron chi connectivity index (χ0n) is 20.1. The second kappa shape index (κ2) is 11.0. The van der Waals surface area contributed by atoms with Gasteiger partial charge in [-0.15, -0.1) is 10.2 Å². The fourth-order valence-corrected chi connectivity index (χ4v) is 5.48. The summed E-state index contributed by atoms with van der Waals surface area (Å²) in [5.74, 6) is 0.664. The van der Waals surface area contributed by atoms with E-state index in [0.717, 1.165) is 38.5 Å². The molecule has 2 saturated heterocycles. The first-order valence-electron chi connectivity index (χ1n) is 12.4. The van der Waals surface area contributed by atoms with E-state index in [1.54, 1.807) is 0 Å². The van der Waals surface area contributed by atoms with E-state index in [0.29, 0.717) is 43.6 Å². The SMILES string of the molecule is [2H][C@@]1(C(=O)OCCC(=O)N2CCC[C@@H]2C(=O)OC)C[C@H]2C[C@@H](CCc3nn[nH]n3)CC[C@H]2CN1. The number of hydrogen-bond acceptors (Lipinski definition) is 9. The Morgan fingerprint density at radius 2 is 2.06 bits per heavy atom. The first kappa shape index (κ1) is 22.2. The number of H-pyrrole nitrogens is 1. The van der Waals surface area contributed by atoms with Crippen molar-refractivity contribution < 1.29 is 25.2 Å². The summed E-state index contributed by atoms with van der Waals surface area (Å²) in [6.07, 6.45) is 6.62. The highest BCUT2D eigenvalue weighted by Crippen LogP contribution is 2.40. The average molecular weight is 464 g/mol. The molecule has 0 radical (unpaired) electrons. The van der Waals surface area contributed by atoms with E-state index in [4.69, 9.17) is 10.8 Å². The Balaban J connectivity index is 1.23. The maximum atomic E-state index is 12.8. The van der Waals surface area contributed by atoms with Gasteiger partial charge in [0.1, 0.15) is 18.7 Å². The van der Waals surface area contributed by atoms with E-state index >= 15 is 0 Å². The number of fused-ring (bicyclic) bond motifs is 1. The average Bonchev–Trinajstić information content (AvgIpc) is 3.54. The molecule has 11 heteroatoms. The van der Waals surface area contributed by atoms with Crippen LogP contribution >= 0.6 is 0 Å². The molecule has 11 nitrogen and oxygen atoms in total. The number of piperidine rings is 1. The van der Waals surface area contributed by atoms with E-state index in [1.165, 1.54) is 12.0 Å². The molecule has 3 aliphatic rings. The molecule has 2 N–H and O–H groups in total.